The topological polar surface area (TPSA) is 128 Å². The molecule has 0 saturated heterocycles. The summed E-state index contributed by atoms with van der Waals surface area (Å²) in [5.41, 5.74) is 10.8. The summed E-state index contributed by atoms with van der Waals surface area (Å²) < 4.78 is 2.54. The average molecular weight is 155 g/mol. The van der Waals surface area contributed by atoms with Gasteiger partial charge in [-0.3, -0.25) is 0 Å². The Morgan fingerprint density at radius 3 is 2.73 bits per heavy atom. The molecule has 2 aromatic heterocycles. The molecule has 2 aromatic rings. The largest absolute Gasteiger partial charge is 0.401 e. The Kier molecular flexibility index (Phi) is 0.805. The van der Waals surface area contributed by atoms with Crippen molar-refractivity contribution in [2.75, 3.05) is 17.3 Å². The van der Waals surface area contributed by atoms with Gasteiger partial charge < -0.3 is 17.3 Å². The number of nitrogens with two attached hydrogens (primary N) is 3. The van der Waals surface area contributed by atoms with Crippen molar-refractivity contribution in [1.29, 1.82) is 0 Å². The van der Waals surface area contributed by atoms with Gasteiger partial charge in [-0.1, -0.05) is 9.61 Å². The first-order chi connectivity index (χ1) is 5.20. The van der Waals surface area contributed by atoms with Crippen LogP contribution >= 0.6 is 0 Å². The number of hydrogen-bond donors (Lipinski definition) is 4. The Balaban J connectivity index is 2.93. The molecule has 8 heteroatoms. The van der Waals surface area contributed by atoms with Crippen LogP contribution in [0.2, 0.25) is 0 Å². The van der Waals surface area contributed by atoms with Crippen LogP contribution in [0.1, 0.15) is 0 Å². The first-order valence-corrected chi connectivity index (χ1v) is 2.85. The van der Waals surface area contributed by atoms with E-state index < -0.39 is 0 Å². The Labute approximate surface area is 60.6 Å². The third-order valence-corrected chi connectivity index (χ3v) is 1.37. The van der Waals surface area contributed by atoms with Crippen LogP contribution in [-0.2, 0) is 0 Å². The molecule has 0 saturated carbocycles. The minimum absolute atomic E-state index is 0.218. The van der Waals surface area contributed by atoms with Gasteiger partial charge in [0.15, 0.2) is 0 Å². The van der Waals surface area contributed by atoms with Crippen LogP contribution in [0.4, 0.5) is 11.9 Å². The smallest absolute Gasteiger partial charge is 0.357 e. The minimum atomic E-state index is 0.218. The number of nitrogens with zero attached hydrogens (tertiary/aromatic N) is 4. The molecule has 11 heavy (non-hydrogen) atoms. The van der Waals surface area contributed by atoms with Crippen molar-refractivity contribution in [1.82, 2.24) is 19.8 Å². The van der Waals surface area contributed by atoms with Crippen LogP contribution in [0.5, 0.6) is 0 Å². The summed E-state index contributed by atoms with van der Waals surface area (Å²) in [7, 11) is 0. The molecule has 0 amide bonds. The van der Waals surface area contributed by atoms with Crippen molar-refractivity contribution in [3.05, 3.63) is 0 Å². The number of fused-ring (bicyclic) bond motifs is 1. The fourth-order valence-corrected chi connectivity index (χ4v) is 0.827. The molecule has 0 aliphatic rings. The molecule has 0 fully saturated rings. The lowest BCUT2D eigenvalue weighted by atomic mass is 11.0. The zero-order chi connectivity index (χ0) is 8.01. The molecule has 0 unspecified atom stereocenters. The highest BCUT2D eigenvalue weighted by molar-refractivity contribution is 5.31. The number of nitrogen functional groups attached to an aromatic ring is 3. The van der Waals surface area contributed by atoms with Gasteiger partial charge in [0.1, 0.15) is 0 Å². The maximum absolute atomic E-state index is 5.43. The standard InChI is InChI=1S/C3H6N8/c4-1-7-8-3-10(6)2(5)9-11(1)3/h6H2,(H4,4,5,7,9)/p+1. The summed E-state index contributed by atoms with van der Waals surface area (Å²) >= 11 is 0. The molecule has 7 N–H and O–H groups in total. The van der Waals surface area contributed by atoms with E-state index in [1.807, 2.05) is 0 Å². The van der Waals surface area contributed by atoms with Gasteiger partial charge in [0.05, 0.1) is 0 Å². The number of anilines is 2. The summed E-state index contributed by atoms with van der Waals surface area (Å²) in [5.74, 6) is 6.29. The third-order valence-electron chi connectivity index (χ3n) is 1.37. The van der Waals surface area contributed by atoms with Gasteiger partial charge in [-0.05, 0) is 5.10 Å². The maximum Gasteiger partial charge on any atom is 0.401 e. The second-order valence-corrected chi connectivity index (χ2v) is 2.06. The highest BCUT2D eigenvalue weighted by Crippen LogP contribution is 1.98. The van der Waals surface area contributed by atoms with Crippen molar-refractivity contribution >= 4 is 17.7 Å². The molecule has 0 aliphatic carbocycles. The maximum atomic E-state index is 5.43. The highest BCUT2D eigenvalue weighted by Gasteiger charge is 2.16. The number of rotatable bonds is 0. The van der Waals surface area contributed by atoms with Crippen LogP contribution in [0.15, 0.2) is 0 Å². The second-order valence-electron chi connectivity index (χ2n) is 2.06. The van der Waals surface area contributed by atoms with E-state index in [0.717, 1.165) is 4.68 Å². The van der Waals surface area contributed by atoms with Crippen LogP contribution in [-0.4, -0.2) is 19.8 Å². The molecule has 58 valence electrons. The lowest BCUT2D eigenvalue weighted by Crippen LogP contribution is -2.46. The van der Waals surface area contributed by atoms with Gasteiger partial charge >= 0.3 is 11.7 Å². The van der Waals surface area contributed by atoms with Crippen LogP contribution in [0.25, 0.3) is 5.78 Å². The lowest BCUT2D eigenvalue weighted by molar-refractivity contribution is -0.599. The number of nitrogens with one attached hydrogen (secondary N) is 1. The molecular formula is C3H7N8+. The first kappa shape index (κ1) is 5.77. The molecule has 0 spiro atoms. The SMILES string of the molecule is Nc1nnc2n1[nH]c(N)[n+]2N. The Morgan fingerprint density at radius 2 is 2.09 bits per heavy atom. The van der Waals surface area contributed by atoms with E-state index in [1.54, 1.807) is 0 Å². The van der Waals surface area contributed by atoms with Gasteiger partial charge in [0.25, 0.3) is 5.95 Å². The van der Waals surface area contributed by atoms with E-state index in [-0.39, 0.29) is 11.9 Å². The molecular weight excluding hydrogens is 148 g/mol. The quantitative estimate of drug-likeness (QED) is 0.242. The van der Waals surface area contributed by atoms with Gasteiger partial charge in [-0.15, -0.1) is 4.68 Å². The van der Waals surface area contributed by atoms with Crippen molar-refractivity contribution in [3.63, 3.8) is 0 Å². The highest BCUT2D eigenvalue weighted by atomic mass is 15.6. The minimum Gasteiger partial charge on any atom is -0.357 e. The lowest BCUT2D eigenvalue weighted by Gasteiger charge is -1.81. The molecule has 0 radical (unpaired) electrons. The van der Waals surface area contributed by atoms with E-state index in [2.05, 4.69) is 15.3 Å². The summed E-state index contributed by atoms with van der Waals surface area (Å²) in [5, 5.41) is 9.87. The molecule has 0 atom stereocenters. The first-order valence-electron chi connectivity index (χ1n) is 2.85. The van der Waals surface area contributed by atoms with Crippen LogP contribution in [0, 0.1) is 0 Å². The normalized spacial score (nSPS) is 10.9. The Hall–Kier alpha value is -1.99. The Morgan fingerprint density at radius 1 is 1.36 bits per heavy atom. The fraction of sp³-hybridized carbons (Fsp3) is 0. The van der Waals surface area contributed by atoms with Gasteiger partial charge in [0, 0.05) is 0 Å². The number of aromatic amines is 1. The molecule has 2 rings (SSSR count). The van der Waals surface area contributed by atoms with E-state index >= 15 is 0 Å². The number of aromatic nitrogens is 5. The number of hydrogen-bond acceptors (Lipinski definition) is 5. The van der Waals surface area contributed by atoms with Crippen molar-refractivity contribution in [2.24, 2.45) is 0 Å². The van der Waals surface area contributed by atoms with E-state index in [9.17, 15) is 0 Å². The zero-order valence-electron chi connectivity index (χ0n) is 5.52. The second kappa shape index (κ2) is 1.54. The summed E-state index contributed by atoms with van der Waals surface area (Å²) in [4.78, 5) is 0. The van der Waals surface area contributed by atoms with Crippen molar-refractivity contribution in [3.8, 4) is 0 Å². The van der Waals surface area contributed by atoms with E-state index in [0.29, 0.717) is 5.78 Å². The van der Waals surface area contributed by atoms with E-state index in [4.69, 9.17) is 17.3 Å². The molecule has 8 nitrogen and oxygen atoms in total. The number of H-pyrrole nitrogens is 1. The van der Waals surface area contributed by atoms with Crippen LogP contribution in [0.3, 0.4) is 0 Å². The summed E-state index contributed by atoms with van der Waals surface area (Å²) in [6, 6.07) is 0. The average Bonchev–Trinajstić information content (AvgIpc) is 2.43. The van der Waals surface area contributed by atoms with Gasteiger partial charge in [0.2, 0.25) is 0 Å². The van der Waals surface area contributed by atoms with Crippen LogP contribution < -0.4 is 22.0 Å². The summed E-state index contributed by atoms with van der Waals surface area (Å²) in [6.07, 6.45) is 0. The zero-order valence-corrected chi connectivity index (χ0v) is 5.52. The van der Waals surface area contributed by atoms with E-state index in [1.165, 1.54) is 4.52 Å². The molecule has 2 heterocycles. The Bertz CT molecular complexity index is 395. The molecule has 0 bridgehead atoms. The fourth-order valence-electron chi connectivity index (χ4n) is 0.827. The monoisotopic (exact) mass is 155 g/mol. The molecule has 0 aromatic carbocycles. The van der Waals surface area contributed by atoms with Gasteiger partial charge in [-0.2, -0.15) is 5.10 Å². The predicted octanol–water partition coefficient (Wildman–Crippen LogP) is -2.78. The third kappa shape index (κ3) is 0.546. The summed E-state index contributed by atoms with van der Waals surface area (Å²) in [6.45, 7) is 0. The molecule has 0 aliphatic heterocycles. The van der Waals surface area contributed by atoms with Crippen molar-refractivity contribution < 1.29 is 4.68 Å². The predicted molar refractivity (Wildman–Crippen MR) is 36.5 cm³/mol. The van der Waals surface area contributed by atoms with Gasteiger partial charge in [-0.25, -0.2) is 0 Å². The van der Waals surface area contributed by atoms with Crippen molar-refractivity contribution in [2.45, 2.75) is 0 Å².